The van der Waals surface area contributed by atoms with Crippen LogP contribution in [0.4, 0.5) is 0 Å². The second-order valence-corrected chi connectivity index (χ2v) is 5.41. The summed E-state index contributed by atoms with van der Waals surface area (Å²) in [5.41, 5.74) is -1.83. The first-order valence-corrected chi connectivity index (χ1v) is 5.54. The van der Waals surface area contributed by atoms with Gasteiger partial charge in [-0.2, -0.15) is 0 Å². The molecule has 2 heterocycles. The van der Waals surface area contributed by atoms with E-state index in [0.717, 1.165) is 0 Å². The van der Waals surface area contributed by atoms with Crippen molar-refractivity contribution < 1.29 is 19.5 Å². The van der Waals surface area contributed by atoms with E-state index in [2.05, 4.69) is 10.5 Å². The smallest absolute Gasteiger partial charge is 0.342 e. The zero-order chi connectivity index (χ0) is 13.0. The fourth-order valence-electron chi connectivity index (χ4n) is 2.55. The van der Waals surface area contributed by atoms with Crippen LogP contribution in [0.1, 0.15) is 27.7 Å². The van der Waals surface area contributed by atoms with Crippen LogP contribution in [0.3, 0.4) is 0 Å². The van der Waals surface area contributed by atoms with Crippen LogP contribution in [0.15, 0.2) is 5.16 Å². The molecule has 0 aromatic heterocycles. The van der Waals surface area contributed by atoms with Gasteiger partial charge in [-0.15, -0.1) is 0 Å². The number of esters is 1. The Labute approximate surface area is 99.0 Å². The Morgan fingerprint density at radius 1 is 1.47 bits per heavy atom. The lowest BCUT2D eigenvalue weighted by Gasteiger charge is -2.45. The molecule has 0 spiro atoms. The Hall–Kier alpha value is -1.59. The van der Waals surface area contributed by atoms with E-state index in [-0.39, 0.29) is 17.5 Å². The van der Waals surface area contributed by atoms with Crippen LogP contribution in [0.5, 0.6) is 0 Å². The number of hydrogen-bond donors (Lipinski definition) is 2. The van der Waals surface area contributed by atoms with E-state index >= 15 is 0 Å². The summed E-state index contributed by atoms with van der Waals surface area (Å²) in [7, 11) is 0. The van der Waals surface area contributed by atoms with E-state index in [9.17, 15) is 9.59 Å². The molecule has 6 heteroatoms. The highest BCUT2D eigenvalue weighted by Crippen LogP contribution is 2.47. The molecule has 0 saturated carbocycles. The van der Waals surface area contributed by atoms with Crippen molar-refractivity contribution in [3.63, 3.8) is 0 Å². The minimum atomic E-state index is -1.27. The van der Waals surface area contributed by atoms with E-state index in [1.54, 1.807) is 27.7 Å². The first-order valence-electron chi connectivity index (χ1n) is 5.54. The van der Waals surface area contributed by atoms with Gasteiger partial charge in [0.15, 0.2) is 6.10 Å². The molecule has 2 N–H and O–H groups in total. The first-order chi connectivity index (χ1) is 7.78. The SMILES string of the molecule is CC(C)/C(=N\O)[C@@]12NC(=O)C(C)(C)[C@@H]1OC2=O. The number of carbonyl (C=O) groups excluding carboxylic acids is 2. The highest BCUT2D eigenvalue weighted by Gasteiger charge is 2.74. The normalized spacial score (nSPS) is 35.1. The molecule has 0 bridgehead atoms. The van der Waals surface area contributed by atoms with Crippen LogP contribution in [0.25, 0.3) is 0 Å². The summed E-state index contributed by atoms with van der Waals surface area (Å²) in [6.07, 6.45) is -0.608. The fourth-order valence-corrected chi connectivity index (χ4v) is 2.55. The van der Waals surface area contributed by atoms with E-state index in [1.165, 1.54) is 0 Å². The van der Waals surface area contributed by atoms with Crippen LogP contribution in [-0.2, 0) is 14.3 Å². The van der Waals surface area contributed by atoms with Crippen molar-refractivity contribution in [3.8, 4) is 0 Å². The van der Waals surface area contributed by atoms with Crippen molar-refractivity contribution in [2.45, 2.75) is 39.3 Å². The molecule has 0 radical (unpaired) electrons. The molecule has 17 heavy (non-hydrogen) atoms. The van der Waals surface area contributed by atoms with Gasteiger partial charge in [0, 0.05) is 0 Å². The van der Waals surface area contributed by atoms with Gasteiger partial charge < -0.3 is 15.3 Å². The number of oxime groups is 1. The Kier molecular flexibility index (Phi) is 2.24. The van der Waals surface area contributed by atoms with Crippen LogP contribution >= 0.6 is 0 Å². The molecule has 2 aliphatic rings. The average molecular weight is 240 g/mol. The van der Waals surface area contributed by atoms with Gasteiger partial charge in [-0.25, -0.2) is 4.79 Å². The van der Waals surface area contributed by atoms with Gasteiger partial charge in [0.25, 0.3) is 0 Å². The van der Waals surface area contributed by atoms with Gasteiger partial charge in [-0.05, 0) is 19.8 Å². The third-order valence-electron chi connectivity index (χ3n) is 3.55. The largest absolute Gasteiger partial charge is 0.455 e. The summed E-state index contributed by atoms with van der Waals surface area (Å²) in [6, 6.07) is 0. The zero-order valence-corrected chi connectivity index (χ0v) is 10.3. The minimum absolute atomic E-state index is 0.162. The number of amides is 1. The lowest BCUT2D eigenvalue weighted by atomic mass is 9.71. The molecular formula is C11H16N2O4. The lowest BCUT2D eigenvalue weighted by Crippen LogP contribution is -2.73. The van der Waals surface area contributed by atoms with Crippen molar-refractivity contribution in [3.05, 3.63) is 0 Å². The molecule has 0 unspecified atom stereocenters. The van der Waals surface area contributed by atoms with Gasteiger partial charge in [0.1, 0.15) is 5.71 Å². The van der Waals surface area contributed by atoms with Gasteiger partial charge >= 0.3 is 5.97 Å². The van der Waals surface area contributed by atoms with Gasteiger partial charge in [-0.3, -0.25) is 4.79 Å². The molecule has 0 aromatic carbocycles. The van der Waals surface area contributed by atoms with Gasteiger partial charge in [-0.1, -0.05) is 19.0 Å². The summed E-state index contributed by atoms with van der Waals surface area (Å²) < 4.78 is 5.07. The second kappa shape index (κ2) is 3.21. The van der Waals surface area contributed by atoms with Crippen LogP contribution in [-0.4, -0.2) is 34.4 Å². The number of carbonyl (C=O) groups is 2. The Bertz CT molecular complexity index is 427. The van der Waals surface area contributed by atoms with Crippen LogP contribution in [0.2, 0.25) is 0 Å². The first kappa shape index (κ1) is 11.9. The zero-order valence-electron chi connectivity index (χ0n) is 10.3. The molecule has 2 aliphatic heterocycles. The standard InChI is InChI=1S/C11H16N2O4/c1-5(2)6(13-16)11-7(17-9(11)15)10(3,4)8(14)12-11/h5,7,16H,1-4H3,(H,12,14)/b13-6+/t7-,11+/m0/s1. The molecule has 6 nitrogen and oxygen atoms in total. The highest BCUT2D eigenvalue weighted by atomic mass is 16.6. The number of ether oxygens (including phenoxy) is 1. The predicted molar refractivity (Wildman–Crippen MR) is 58.6 cm³/mol. The topological polar surface area (TPSA) is 88.0 Å². The Morgan fingerprint density at radius 3 is 2.41 bits per heavy atom. The number of rotatable bonds is 2. The summed E-state index contributed by atoms with van der Waals surface area (Å²) in [4.78, 5) is 23.6. The minimum Gasteiger partial charge on any atom is -0.455 e. The molecule has 0 aromatic rings. The Balaban J connectivity index is 2.50. The summed E-state index contributed by atoms with van der Waals surface area (Å²) >= 11 is 0. The summed E-state index contributed by atoms with van der Waals surface area (Å²) in [6.45, 7) is 7.00. The van der Waals surface area contributed by atoms with Crippen molar-refractivity contribution >= 4 is 17.6 Å². The number of nitrogens with one attached hydrogen (secondary N) is 1. The van der Waals surface area contributed by atoms with E-state index in [1.807, 2.05) is 0 Å². The summed E-state index contributed by atoms with van der Waals surface area (Å²) in [5.74, 6) is -0.984. The quantitative estimate of drug-likeness (QED) is 0.314. The van der Waals surface area contributed by atoms with Crippen molar-refractivity contribution in [2.24, 2.45) is 16.5 Å². The van der Waals surface area contributed by atoms with E-state index < -0.39 is 23.0 Å². The molecular weight excluding hydrogens is 224 g/mol. The summed E-state index contributed by atoms with van der Waals surface area (Å²) in [5, 5.41) is 14.9. The maximum absolute atomic E-state index is 11.9. The third kappa shape index (κ3) is 1.18. The number of nitrogens with zero attached hydrogens (tertiary/aromatic N) is 1. The lowest BCUT2D eigenvalue weighted by molar-refractivity contribution is -0.188. The third-order valence-corrected chi connectivity index (χ3v) is 3.55. The van der Waals surface area contributed by atoms with E-state index in [0.29, 0.717) is 0 Å². The van der Waals surface area contributed by atoms with Crippen molar-refractivity contribution in [2.75, 3.05) is 0 Å². The number of fused-ring (bicyclic) bond motifs is 1. The average Bonchev–Trinajstić information content (AvgIpc) is 2.37. The van der Waals surface area contributed by atoms with Crippen molar-refractivity contribution in [1.29, 1.82) is 0 Å². The molecule has 94 valence electrons. The van der Waals surface area contributed by atoms with Crippen molar-refractivity contribution in [1.82, 2.24) is 5.32 Å². The molecule has 2 rings (SSSR count). The monoisotopic (exact) mass is 240 g/mol. The Morgan fingerprint density at radius 2 is 2.06 bits per heavy atom. The maximum atomic E-state index is 11.9. The molecule has 1 amide bonds. The molecule has 2 saturated heterocycles. The van der Waals surface area contributed by atoms with Crippen LogP contribution < -0.4 is 5.32 Å². The van der Waals surface area contributed by atoms with Gasteiger partial charge in [0.05, 0.1) is 5.41 Å². The van der Waals surface area contributed by atoms with Gasteiger partial charge in [0.2, 0.25) is 11.4 Å². The highest BCUT2D eigenvalue weighted by molar-refractivity contribution is 6.20. The fraction of sp³-hybridized carbons (Fsp3) is 0.727. The predicted octanol–water partition coefficient (Wildman–Crippen LogP) is 0.293. The molecule has 2 atom stereocenters. The number of hydrogen-bond acceptors (Lipinski definition) is 5. The molecule has 0 aliphatic carbocycles. The van der Waals surface area contributed by atoms with Crippen LogP contribution in [0, 0.1) is 11.3 Å². The molecule has 2 fully saturated rings. The van der Waals surface area contributed by atoms with E-state index in [4.69, 9.17) is 9.94 Å². The second-order valence-electron chi connectivity index (χ2n) is 5.41. The maximum Gasteiger partial charge on any atom is 0.342 e.